The molecule has 48 heavy (non-hydrogen) atoms. The lowest BCUT2D eigenvalue weighted by Crippen LogP contribution is -2.33. The van der Waals surface area contributed by atoms with Crippen molar-refractivity contribution in [2.24, 2.45) is 0 Å². The van der Waals surface area contributed by atoms with Gasteiger partial charge in [-0.15, -0.1) is 0 Å². The highest BCUT2D eigenvalue weighted by Crippen LogP contribution is 2.60. The van der Waals surface area contributed by atoms with Gasteiger partial charge < -0.3 is 35.8 Å². The Labute approximate surface area is 267 Å². The second kappa shape index (κ2) is 12.5. The van der Waals surface area contributed by atoms with Gasteiger partial charge in [-0.25, -0.2) is 14.1 Å². The Balaban J connectivity index is 1.03. The average Bonchev–Trinajstić information content (AvgIpc) is 3.57. The molecule has 1 aliphatic heterocycles. The van der Waals surface area contributed by atoms with Crippen molar-refractivity contribution in [3.63, 3.8) is 0 Å². The molecule has 1 saturated heterocycles. The molecule has 2 aromatic heterocycles. The van der Waals surface area contributed by atoms with E-state index in [1.54, 1.807) is 12.1 Å². The van der Waals surface area contributed by atoms with Crippen molar-refractivity contribution < 1.29 is 61.6 Å². The fourth-order valence-electron chi connectivity index (χ4n) is 5.09. The number of aromatic nitrogens is 4. The first-order chi connectivity index (χ1) is 22.6. The number of aromatic amines is 1. The van der Waals surface area contributed by atoms with Gasteiger partial charge in [-0.3, -0.25) is 37.8 Å². The second-order valence-corrected chi connectivity index (χ2v) is 13.5. The molecule has 0 bridgehead atoms. The van der Waals surface area contributed by atoms with Crippen LogP contribution >= 0.6 is 15.6 Å². The molecule has 1 amide bonds. The van der Waals surface area contributed by atoms with Crippen LogP contribution in [-0.4, -0.2) is 88.5 Å². The predicted octanol–water partition coefficient (Wildman–Crippen LogP) is -0.0143. The minimum atomic E-state index is -5.44. The number of rotatable bonds is 10. The van der Waals surface area contributed by atoms with Crippen LogP contribution in [0.5, 0.6) is 0 Å². The number of H-pyrrole nitrogens is 1. The third-order valence-electron chi connectivity index (χ3n) is 7.24. The SMILES string of the molecule is Nc1nc2c(ncn2[C@@H]2O[C@H](COP(=O)(O)OP(=O)(O)OCC(=O)Nc3ccc4c(c3)C(=O)c3ccccc3C4=O)[C@@H](O)[C@H]2O)c(=O)[nH]1. The summed E-state index contributed by atoms with van der Waals surface area (Å²) >= 11 is 0. The molecular weight excluding hydrogens is 682 g/mol. The van der Waals surface area contributed by atoms with E-state index in [-0.39, 0.29) is 50.8 Å². The molecule has 2 unspecified atom stereocenters. The van der Waals surface area contributed by atoms with E-state index in [1.165, 1.54) is 30.3 Å². The first-order valence-electron chi connectivity index (χ1n) is 13.7. The fourth-order valence-corrected chi connectivity index (χ4v) is 7.12. The smallest absolute Gasteiger partial charge is 0.387 e. The van der Waals surface area contributed by atoms with Crippen LogP contribution in [0, 0.1) is 0 Å². The molecule has 6 atom stereocenters. The number of nitrogens with two attached hydrogens (primary N) is 1. The predicted molar refractivity (Wildman–Crippen MR) is 160 cm³/mol. The van der Waals surface area contributed by atoms with Gasteiger partial charge in [0.2, 0.25) is 5.95 Å². The Morgan fingerprint density at radius 2 is 1.62 bits per heavy atom. The topological polar surface area (TPSA) is 305 Å². The van der Waals surface area contributed by atoms with Gasteiger partial charge in [-0.1, -0.05) is 24.3 Å². The number of nitrogens with zero attached hydrogens (tertiary/aromatic N) is 3. The Bertz CT molecular complexity index is 2140. The van der Waals surface area contributed by atoms with Crippen molar-refractivity contribution in [3.8, 4) is 0 Å². The molecule has 22 heteroatoms. The molecule has 1 aliphatic carbocycles. The summed E-state index contributed by atoms with van der Waals surface area (Å²) < 4.78 is 44.7. The zero-order valence-electron chi connectivity index (χ0n) is 24.0. The average molecular weight is 706 g/mol. The third kappa shape index (κ3) is 6.49. The van der Waals surface area contributed by atoms with Gasteiger partial charge in [0.05, 0.1) is 12.9 Å². The normalized spacial score (nSPS) is 22.9. The van der Waals surface area contributed by atoms with Gasteiger partial charge in [0.1, 0.15) is 24.9 Å². The molecule has 20 nitrogen and oxygen atoms in total. The number of fused-ring (bicyclic) bond motifs is 3. The highest BCUT2D eigenvalue weighted by Gasteiger charge is 2.46. The number of carbonyl (C=O) groups excluding carboxylic acids is 3. The summed E-state index contributed by atoms with van der Waals surface area (Å²) in [7, 11) is -10.9. The molecule has 252 valence electrons. The minimum absolute atomic E-state index is 0.0251. The van der Waals surface area contributed by atoms with E-state index in [1.807, 2.05) is 0 Å². The van der Waals surface area contributed by atoms with Crippen LogP contribution in [0.2, 0.25) is 0 Å². The number of amides is 1. The quantitative estimate of drug-likeness (QED) is 0.0939. The summed E-state index contributed by atoms with van der Waals surface area (Å²) in [6.07, 6.45) is -5.27. The number of imidazole rings is 1. The number of aliphatic hydroxyl groups excluding tert-OH is 2. The van der Waals surface area contributed by atoms with Crippen LogP contribution < -0.4 is 16.6 Å². The Morgan fingerprint density at radius 1 is 0.979 bits per heavy atom. The molecule has 0 spiro atoms. The number of phosphoric ester groups is 2. The second-order valence-electron chi connectivity index (χ2n) is 10.4. The van der Waals surface area contributed by atoms with Crippen LogP contribution in [0.4, 0.5) is 11.6 Å². The minimum Gasteiger partial charge on any atom is -0.387 e. The highest BCUT2D eigenvalue weighted by molar-refractivity contribution is 7.61. The molecular formula is C26H24N6O14P2. The van der Waals surface area contributed by atoms with E-state index in [0.717, 1.165) is 10.9 Å². The molecule has 3 heterocycles. The maximum absolute atomic E-state index is 12.9. The maximum Gasteiger partial charge on any atom is 0.481 e. The molecule has 0 radical (unpaired) electrons. The van der Waals surface area contributed by atoms with Crippen LogP contribution in [-0.2, 0) is 32.0 Å². The first kappa shape index (κ1) is 33.4. The third-order valence-corrected chi connectivity index (χ3v) is 9.82. The molecule has 1 fully saturated rings. The highest BCUT2D eigenvalue weighted by atomic mass is 31.3. The molecule has 2 aliphatic rings. The van der Waals surface area contributed by atoms with Crippen LogP contribution in [0.25, 0.3) is 11.2 Å². The number of aliphatic hydroxyl groups is 2. The number of nitrogen functional groups attached to an aromatic ring is 1. The maximum atomic E-state index is 12.9. The lowest BCUT2D eigenvalue weighted by Gasteiger charge is -2.19. The van der Waals surface area contributed by atoms with Crippen molar-refractivity contribution in [1.82, 2.24) is 19.5 Å². The largest absolute Gasteiger partial charge is 0.481 e. The lowest BCUT2D eigenvalue weighted by atomic mass is 9.84. The first-order valence-corrected chi connectivity index (χ1v) is 16.7. The van der Waals surface area contributed by atoms with Gasteiger partial charge in [-0.05, 0) is 18.2 Å². The monoisotopic (exact) mass is 706 g/mol. The molecule has 8 N–H and O–H groups in total. The van der Waals surface area contributed by atoms with Crippen molar-refractivity contribution in [2.75, 3.05) is 24.3 Å². The fraction of sp³-hybridized carbons (Fsp3) is 0.231. The van der Waals surface area contributed by atoms with Gasteiger partial charge in [0.15, 0.2) is 29.0 Å². The number of nitrogens with one attached hydrogen (secondary N) is 2. The van der Waals surface area contributed by atoms with Gasteiger partial charge in [0, 0.05) is 27.9 Å². The number of carbonyl (C=O) groups is 3. The summed E-state index contributed by atoms with van der Waals surface area (Å²) in [4.78, 5) is 80.1. The molecule has 4 aromatic rings. The lowest BCUT2D eigenvalue weighted by molar-refractivity contribution is -0.118. The summed E-state index contributed by atoms with van der Waals surface area (Å²) in [6, 6.07) is 10.1. The van der Waals surface area contributed by atoms with E-state index in [9.17, 15) is 48.3 Å². The van der Waals surface area contributed by atoms with Crippen LogP contribution in [0.3, 0.4) is 0 Å². The Morgan fingerprint density at radius 3 is 2.33 bits per heavy atom. The number of benzene rings is 2. The van der Waals surface area contributed by atoms with E-state index in [4.69, 9.17) is 10.5 Å². The summed E-state index contributed by atoms with van der Waals surface area (Å²) in [5.74, 6) is -2.14. The van der Waals surface area contributed by atoms with Gasteiger partial charge >= 0.3 is 15.6 Å². The number of phosphoric acid groups is 2. The van der Waals surface area contributed by atoms with Crippen molar-refractivity contribution in [3.05, 3.63) is 81.4 Å². The van der Waals surface area contributed by atoms with E-state index < -0.39 is 70.6 Å². The number of hydrogen-bond donors (Lipinski definition) is 7. The van der Waals surface area contributed by atoms with E-state index in [2.05, 4.69) is 33.6 Å². The summed E-state index contributed by atoms with van der Waals surface area (Å²) in [5.41, 5.74) is 5.22. The van der Waals surface area contributed by atoms with Crippen molar-refractivity contribution in [2.45, 2.75) is 24.5 Å². The zero-order chi connectivity index (χ0) is 34.5. The molecule has 0 saturated carbocycles. The Kier molecular flexibility index (Phi) is 8.73. The number of ketones is 2. The molecule has 6 rings (SSSR count). The van der Waals surface area contributed by atoms with Crippen LogP contribution in [0.1, 0.15) is 38.1 Å². The number of anilines is 2. The van der Waals surface area contributed by atoms with E-state index >= 15 is 0 Å². The summed E-state index contributed by atoms with van der Waals surface area (Å²) in [6.45, 7) is -2.13. The number of ether oxygens (including phenoxy) is 1. The van der Waals surface area contributed by atoms with Gasteiger partial charge in [-0.2, -0.15) is 9.29 Å². The van der Waals surface area contributed by atoms with E-state index in [0.29, 0.717) is 0 Å². The van der Waals surface area contributed by atoms with Crippen LogP contribution in [0.15, 0.2) is 53.6 Å². The van der Waals surface area contributed by atoms with Crippen molar-refractivity contribution >= 4 is 55.9 Å². The standard InChI is InChI=1S/C26H24N6O14P2/c27-26-30-23-18(24(38)31-26)28-10-32(23)25-22(37)21(36)16(45-25)8-43-47(39,40)46-48(41,42)44-9-17(33)29-11-5-6-14-15(7-11)20(35)13-4-2-1-3-12(13)19(14)34/h1-7,10,16,21-22,25,36-37H,8-9H2,(H,29,33)(H,39,40)(H,41,42)(H3,27,30,31,38)/t16-,21-,22-,25-/m1/s1. The number of hydrogen-bond acceptors (Lipinski definition) is 15. The summed E-state index contributed by atoms with van der Waals surface area (Å²) in [5, 5.41) is 23.2. The Hall–Kier alpha value is -4.46. The molecule has 2 aromatic carbocycles. The van der Waals surface area contributed by atoms with Crippen molar-refractivity contribution in [1.29, 1.82) is 0 Å². The van der Waals surface area contributed by atoms with Gasteiger partial charge in [0.25, 0.3) is 11.5 Å². The zero-order valence-corrected chi connectivity index (χ0v) is 25.8.